The van der Waals surface area contributed by atoms with E-state index in [1.165, 1.54) is 10.9 Å². The Morgan fingerprint density at radius 2 is 2.10 bits per heavy atom. The van der Waals surface area contributed by atoms with Crippen molar-refractivity contribution in [2.45, 2.75) is 13.5 Å². The van der Waals surface area contributed by atoms with Crippen LogP contribution in [-0.4, -0.2) is 19.5 Å². The van der Waals surface area contributed by atoms with Crippen LogP contribution in [0.15, 0.2) is 35.4 Å². The summed E-state index contributed by atoms with van der Waals surface area (Å²) >= 11 is 0. The van der Waals surface area contributed by atoms with E-state index in [1.54, 1.807) is 0 Å². The molecule has 2 aromatic heterocycles. The minimum absolute atomic E-state index is 0. The molecule has 2 heterocycles. The van der Waals surface area contributed by atoms with E-state index in [-0.39, 0.29) is 23.9 Å². The van der Waals surface area contributed by atoms with Gasteiger partial charge in [-0.3, -0.25) is 9.36 Å². The molecule has 0 bridgehead atoms. The van der Waals surface area contributed by atoms with Gasteiger partial charge in [-0.1, -0.05) is 24.3 Å². The molecule has 104 valence electrons. The molecule has 0 radical (unpaired) electrons. The van der Waals surface area contributed by atoms with Crippen molar-refractivity contribution in [3.63, 3.8) is 0 Å². The highest BCUT2D eigenvalue weighted by Gasteiger charge is 2.11. The molecule has 1 aromatic carbocycles. The van der Waals surface area contributed by atoms with Gasteiger partial charge >= 0.3 is 0 Å². The molecule has 0 atom stereocenters. The maximum atomic E-state index is 12.3. The summed E-state index contributed by atoms with van der Waals surface area (Å²) in [6, 6.07) is 7.87. The maximum absolute atomic E-state index is 12.3. The molecule has 0 aliphatic rings. The van der Waals surface area contributed by atoms with Gasteiger partial charge < -0.3 is 10.7 Å². The number of anilines is 1. The SMILES string of the molecule is Cc1ccccc1Cn1c(N)nc2nc[nH]c2c1=O.Cl. The Hall–Kier alpha value is -2.34. The smallest absolute Gasteiger partial charge is 0.281 e. The lowest BCUT2D eigenvalue weighted by Crippen LogP contribution is -2.25. The number of H-pyrrole nitrogens is 1. The normalized spacial score (nSPS) is 10.4. The first kappa shape index (κ1) is 14.1. The quantitative estimate of drug-likeness (QED) is 0.748. The lowest BCUT2D eigenvalue weighted by atomic mass is 10.1. The molecule has 0 fully saturated rings. The second-order valence-corrected chi connectivity index (χ2v) is 4.39. The third kappa shape index (κ3) is 2.25. The zero-order valence-corrected chi connectivity index (χ0v) is 11.6. The van der Waals surface area contributed by atoms with Crippen LogP contribution in [-0.2, 0) is 6.54 Å². The summed E-state index contributed by atoms with van der Waals surface area (Å²) in [7, 11) is 0. The number of nitrogen functional groups attached to an aromatic ring is 1. The summed E-state index contributed by atoms with van der Waals surface area (Å²) in [4.78, 5) is 23.2. The first-order valence-electron chi connectivity index (χ1n) is 5.90. The predicted molar refractivity (Wildman–Crippen MR) is 80.1 cm³/mol. The Bertz CT molecular complexity index is 808. The lowest BCUT2D eigenvalue weighted by molar-refractivity contribution is 0.757. The van der Waals surface area contributed by atoms with Crippen molar-refractivity contribution in [2.75, 3.05) is 5.73 Å². The number of aromatic nitrogens is 4. The highest BCUT2D eigenvalue weighted by molar-refractivity contribution is 5.85. The van der Waals surface area contributed by atoms with Crippen LogP contribution >= 0.6 is 12.4 Å². The number of nitrogens with two attached hydrogens (primary N) is 1. The summed E-state index contributed by atoms with van der Waals surface area (Å²) in [5, 5.41) is 0. The molecule has 0 aliphatic carbocycles. The Kier molecular flexibility index (Phi) is 3.76. The van der Waals surface area contributed by atoms with Gasteiger partial charge in [0.25, 0.3) is 5.56 Å². The van der Waals surface area contributed by atoms with Crippen LogP contribution in [0.3, 0.4) is 0 Å². The molecular formula is C13H14ClN5O. The number of aryl methyl sites for hydroxylation is 1. The standard InChI is InChI=1S/C13H13N5O.ClH/c1-8-4-2-3-5-9(8)6-18-12(19)10-11(16-7-15-10)17-13(18)14;/h2-5,7H,6H2,1H3,(H2,14,17)(H,15,16);1H. The molecule has 3 rings (SSSR count). The number of fused-ring (bicyclic) bond motifs is 1. The van der Waals surface area contributed by atoms with E-state index in [0.29, 0.717) is 17.7 Å². The van der Waals surface area contributed by atoms with Crippen LogP contribution in [0.2, 0.25) is 0 Å². The fourth-order valence-electron chi connectivity index (χ4n) is 2.05. The fourth-order valence-corrected chi connectivity index (χ4v) is 2.05. The van der Waals surface area contributed by atoms with Gasteiger partial charge in [-0.25, -0.2) is 4.98 Å². The largest absolute Gasteiger partial charge is 0.369 e. The summed E-state index contributed by atoms with van der Waals surface area (Å²) in [5.41, 5.74) is 8.51. The summed E-state index contributed by atoms with van der Waals surface area (Å²) in [6.45, 7) is 2.40. The number of hydrogen-bond donors (Lipinski definition) is 2. The van der Waals surface area contributed by atoms with E-state index in [0.717, 1.165) is 11.1 Å². The predicted octanol–water partition coefficient (Wildman–Crippen LogP) is 1.48. The summed E-state index contributed by atoms with van der Waals surface area (Å²) in [5.74, 6) is 0.174. The van der Waals surface area contributed by atoms with Crippen molar-refractivity contribution < 1.29 is 0 Å². The number of nitrogens with one attached hydrogen (secondary N) is 1. The zero-order chi connectivity index (χ0) is 13.4. The van der Waals surface area contributed by atoms with Crippen LogP contribution in [0, 0.1) is 6.92 Å². The second kappa shape index (κ2) is 5.34. The van der Waals surface area contributed by atoms with Gasteiger partial charge in [-0.05, 0) is 18.1 Å². The van der Waals surface area contributed by atoms with Crippen molar-refractivity contribution in [1.82, 2.24) is 19.5 Å². The Morgan fingerprint density at radius 3 is 2.85 bits per heavy atom. The Labute approximate surface area is 121 Å². The van der Waals surface area contributed by atoms with Crippen LogP contribution in [0.5, 0.6) is 0 Å². The van der Waals surface area contributed by atoms with E-state index < -0.39 is 0 Å². The van der Waals surface area contributed by atoms with Gasteiger partial charge in [0.05, 0.1) is 12.9 Å². The highest BCUT2D eigenvalue weighted by atomic mass is 35.5. The van der Waals surface area contributed by atoms with E-state index in [9.17, 15) is 4.79 Å². The van der Waals surface area contributed by atoms with Crippen molar-refractivity contribution in [3.8, 4) is 0 Å². The molecule has 0 aliphatic heterocycles. The van der Waals surface area contributed by atoms with Crippen LogP contribution < -0.4 is 11.3 Å². The molecule has 0 unspecified atom stereocenters. The number of benzene rings is 1. The van der Waals surface area contributed by atoms with E-state index in [2.05, 4.69) is 15.0 Å². The van der Waals surface area contributed by atoms with Crippen LogP contribution in [0.25, 0.3) is 11.2 Å². The van der Waals surface area contributed by atoms with E-state index in [1.807, 2.05) is 31.2 Å². The number of rotatable bonds is 2. The van der Waals surface area contributed by atoms with Gasteiger partial charge in [0.2, 0.25) is 5.95 Å². The fraction of sp³-hybridized carbons (Fsp3) is 0.154. The number of imidazole rings is 1. The van der Waals surface area contributed by atoms with Crippen LogP contribution in [0.4, 0.5) is 5.95 Å². The zero-order valence-electron chi connectivity index (χ0n) is 10.8. The molecule has 0 saturated heterocycles. The Balaban J connectivity index is 0.00000147. The monoisotopic (exact) mass is 291 g/mol. The second-order valence-electron chi connectivity index (χ2n) is 4.39. The first-order valence-corrected chi connectivity index (χ1v) is 5.90. The maximum Gasteiger partial charge on any atom is 0.281 e. The third-order valence-corrected chi connectivity index (χ3v) is 3.17. The molecule has 0 saturated carbocycles. The lowest BCUT2D eigenvalue weighted by Gasteiger charge is -2.10. The average molecular weight is 292 g/mol. The van der Waals surface area contributed by atoms with Crippen molar-refractivity contribution >= 4 is 29.5 Å². The molecular weight excluding hydrogens is 278 g/mol. The third-order valence-electron chi connectivity index (χ3n) is 3.17. The number of aromatic amines is 1. The van der Waals surface area contributed by atoms with E-state index >= 15 is 0 Å². The van der Waals surface area contributed by atoms with Crippen molar-refractivity contribution in [2.24, 2.45) is 0 Å². The first-order chi connectivity index (χ1) is 9.16. The molecule has 0 amide bonds. The molecule has 6 nitrogen and oxygen atoms in total. The highest BCUT2D eigenvalue weighted by Crippen LogP contribution is 2.11. The van der Waals surface area contributed by atoms with E-state index in [4.69, 9.17) is 5.73 Å². The van der Waals surface area contributed by atoms with Gasteiger partial charge in [0, 0.05) is 0 Å². The molecule has 7 heteroatoms. The van der Waals surface area contributed by atoms with Crippen molar-refractivity contribution in [3.05, 3.63) is 52.1 Å². The minimum atomic E-state index is -0.205. The molecule has 3 aromatic rings. The van der Waals surface area contributed by atoms with Gasteiger partial charge in [-0.15, -0.1) is 12.4 Å². The van der Waals surface area contributed by atoms with Gasteiger partial charge in [0.15, 0.2) is 11.2 Å². The van der Waals surface area contributed by atoms with Crippen LogP contribution in [0.1, 0.15) is 11.1 Å². The molecule has 0 spiro atoms. The summed E-state index contributed by atoms with van der Waals surface area (Å²) in [6.07, 6.45) is 1.44. The summed E-state index contributed by atoms with van der Waals surface area (Å²) < 4.78 is 1.45. The number of halogens is 1. The number of nitrogens with zero attached hydrogens (tertiary/aromatic N) is 3. The topological polar surface area (TPSA) is 89.6 Å². The van der Waals surface area contributed by atoms with Gasteiger partial charge in [0.1, 0.15) is 0 Å². The number of hydrogen-bond acceptors (Lipinski definition) is 4. The van der Waals surface area contributed by atoms with Crippen molar-refractivity contribution in [1.29, 1.82) is 0 Å². The average Bonchev–Trinajstić information content (AvgIpc) is 2.84. The Morgan fingerprint density at radius 1 is 1.35 bits per heavy atom. The van der Waals surface area contributed by atoms with Gasteiger partial charge in [-0.2, -0.15) is 4.98 Å². The molecule has 20 heavy (non-hydrogen) atoms. The molecule has 3 N–H and O–H groups in total. The minimum Gasteiger partial charge on any atom is -0.369 e.